The van der Waals surface area contributed by atoms with E-state index in [1.54, 1.807) is 28.4 Å². The normalized spacial score (nSPS) is 15.3. The summed E-state index contributed by atoms with van der Waals surface area (Å²) in [6.07, 6.45) is 18.6. The van der Waals surface area contributed by atoms with Gasteiger partial charge in [0, 0.05) is 29.3 Å². The second-order valence-corrected chi connectivity index (χ2v) is 8.55. The molecule has 1 aliphatic heterocycles. The van der Waals surface area contributed by atoms with Crippen LogP contribution in [0.15, 0.2) is 90.6 Å². The molecule has 0 N–H and O–H groups in total. The number of methoxy groups -OCH3 is 4. The lowest BCUT2D eigenvalue weighted by Gasteiger charge is -2.22. The third kappa shape index (κ3) is 5.70. The maximum absolute atomic E-state index is 6.32. The Bertz CT molecular complexity index is 1360. The first kappa shape index (κ1) is 25.6. The molecule has 1 aliphatic carbocycles. The number of hydrogen-bond donors (Lipinski definition) is 0. The number of ether oxygens (including phenoxy) is 5. The predicted octanol–water partition coefficient (Wildman–Crippen LogP) is 5.86. The molecule has 2 aliphatic rings. The molecule has 2 aromatic rings. The van der Waals surface area contributed by atoms with Crippen molar-refractivity contribution in [1.29, 1.82) is 0 Å². The molecule has 0 unspecified atom stereocenters. The van der Waals surface area contributed by atoms with E-state index in [4.69, 9.17) is 23.7 Å². The van der Waals surface area contributed by atoms with Gasteiger partial charge in [-0.2, -0.15) is 0 Å². The van der Waals surface area contributed by atoms with Crippen LogP contribution in [0.1, 0.15) is 11.1 Å². The van der Waals surface area contributed by atoms with E-state index in [-0.39, 0.29) is 0 Å². The zero-order chi connectivity index (χ0) is 26.4. The molecule has 0 fully saturated rings. The smallest absolute Gasteiger partial charge is 0.203 e. The highest BCUT2D eigenvalue weighted by atomic mass is 16.5. The second kappa shape index (κ2) is 11.5. The molecule has 4 rings (SSSR count). The summed E-state index contributed by atoms with van der Waals surface area (Å²) in [6, 6.07) is 9.56. The number of nitrogens with zero attached hydrogens (tertiary/aromatic N) is 1. The number of allylic oxidation sites excluding steroid dienone is 11. The summed E-state index contributed by atoms with van der Waals surface area (Å²) in [4.78, 5) is 0. The Kier molecular flexibility index (Phi) is 7.98. The lowest BCUT2D eigenvalue weighted by molar-refractivity contribution is -0.462. The Labute approximate surface area is 218 Å². The topological polar surface area (TPSA) is 49.2 Å². The lowest BCUT2D eigenvalue weighted by atomic mass is 9.98. The van der Waals surface area contributed by atoms with Crippen LogP contribution in [0.2, 0.25) is 0 Å². The van der Waals surface area contributed by atoms with Crippen LogP contribution in [0.4, 0.5) is 0 Å². The number of rotatable bonds is 7. The zero-order valence-corrected chi connectivity index (χ0v) is 22.1. The Morgan fingerprint density at radius 1 is 0.757 bits per heavy atom. The van der Waals surface area contributed by atoms with Crippen molar-refractivity contribution in [1.82, 2.24) is 0 Å². The maximum atomic E-state index is 6.32. The SMILES string of the molecule is COc1ccc2c(c1)OC(c1cc(OC)c(OC)c(OC)c1)=CC2=CC=CC=C1C=CC(=[N+](C)C)C=C1. The Morgan fingerprint density at radius 3 is 2.03 bits per heavy atom. The molecule has 190 valence electrons. The minimum Gasteiger partial charge on any atom is -0.497 e. The van der Waals surface area contributed by atoms with Crippen LogP contribution in [0.5, 0.6) is 28.7 Å². The standard InChI is InChI=1S/C31H32NO5/c1-32(2)24-13-11-21(12-14-24)9-7-8-10-22-17-27(37-28-20-25(33-3)15-16-26(22)28)23-18-29(34-4)31(36-6)30(19-23)35-5/h7-20H,1-6H3/q+1. The molecule has 0 atom stereocenters. The summed E-state index contributed by atoms with van der Waals surface area (Å²) < 4.78 is 30.4. The molecule has 0 bridgehead atoms. The molecule has 6 heteroatoms. The van der Waals surface area contributed by atoms with Crippen LogP contribution in [0.25, 0.3) is 11.3 Å². The summed E-state index contributed by atoms with van der Waals surface area (Å²) in [5, 5.41) is 0. The minimum absolute atomic E-state index is 0.528. The van der Waals surface area contributed by atoms with Gasteiger partial charge in [-0.25, -0.2) is 4.58 Å². The first-order valence-electron chi connectivity index (χ1n) is 11.8. The van der Waals surface area contributed by atoms with E-state index in [0.29, 0.717) is 34.5 Å². The molecular formula is C31H32NO5+. The van der Waals surface area contributed by atoms with Crippen molar-refractivity contribution in [2.75, 3.05) is 42.5 Å². The van der Waals surface area contributed by atoms with Crippen molar-refractivity contribution >= 4 is 17.0 Å². The summed E-state index contributed by atoms with van der Waals surface area (Å²) in [6.45, 7) is 0. The van der Waals surface area contributed by atoms with Gasteiger partial charge >= 0.3 is 0 Å². The van der Waals surface area contributed by atoms with Crippen LogP contribution in [0.3, 0.4) is 0 Å². The molecule has 0 radical (unpaired) electrons. The molecule has 0 amide bonds. The average Bonchev–Trinajstić information content (AvgIpc) is 2.93. The molecular weight excluding hydrogens is 466 g/mol. The third-order valence-electron chi connectivity index (χ3n) is 6.04. The molecule has 0 aromatic heterocycles. The molecule has 0 saturated carbocycles. The Balaban J connectivity index is 1.72. The summed E-state index contributed by atoms with van der Waals surface area (Å²) in [7, 11) is 10.5. The van der Waals surface area contributed by atoms with Crippen LogP contribution >= 0.6 is 0 Å². The van der Waals surface area contributed by atoms with Gasteiger partial charge in [0.2, 0.25) is 5.75 Å². The first-order chi connectivity index (χ1) is 18.0. The van der Waals surface area contributed by atoms with E-state index in [0.717, 1.165) is 22.3 Å². The fourth-order valence-electron chi connectivity index (χ4n) is 4.03. The number of fused-ring (bicyclic) bond motifs is 1. The molecule has 0 spiro atoms. The minimum atomic E-state index is 0.528. The Morgan fingerprint density at radius 2 is 1.43 bits per heavy atom. The quantitative estimate of drug-likeness (QED) is 0.448. The van der Waals surface area contributed by atoms with Gasteiger partial charge in [0.05, 0.1) is 28.4 Å². The Hall–Kier alpha value is -4.45. The summed E-state index contributed by atoms with van der Waals surface area (Å²) in [5.74, 6) is 3.71. The molecule has 1 heterocycles. The van der Waals surface area contributed by atoms with E-state index in [9.17, 15) is 0 Å². The summed E-state index contributed by atoms with van der Waals surface area (Å²) in [5.41, 5.74) is 5.07. The van der Waals surface area contributed by atoms with Crippen molar-refractivity contribution in [2.45, 2.75) is 0 Å². The largest absolute Gasteiger partial charge is 0.497 e. The van der Waals surface area contributed by atoms with E-state index >= 15 is 0 Å². The predicted molar refractivity (Wildman–Crippen MR) is 148 cm³/mol. The average molecular weight is 499 g/mol. The maximum Gasteiger partial charge on any atom is 0.203 e. The van der Waals surface area contributed by atoms with Crippen LogP contribution < -0.4 is 23.7 Å². The van der Waals surface area contributed by atoms with Gasteiger partial charge < -0.3 is 23.7 Å². The lowest BCUT2D eigenvalue weighted by Crippen LogP contribution is -2.09. The van der Waals surface area contributed by atoms with E-state index in [1.807, 2.05) is 62.7 Å². The fourth-order valence-corrected chi connectivity index (χ4v) is 4.03. The van der Waals surface area contributed by atoms with Crippen molar-refractivity contribution in [3.8, 4) is 28.7 Å². The molecule has 0 saturated heterocycles. The van der Waals surface area contributed by atoms with Crippen LogP contribution in [-0.4, -0.2) is 52.8 Å². The van der Waals surface area contributed by atoms with Gasteiger partial charge in [-0.1, -0.05) is 24.3 Å². The van der Waals surface area contributed by atoms with E-state index in [2.05, 4.69) is 41.0 Å². The highest BCUT2D eigenvalue weighted by Crippen LogP contribution is 2.43. The van der Waals surface area contributed by atoms with Crippen molar-refractivity contribution in [3.05, 3.63) is 102 Å². The number of benzene rings is 2. The van der Waals surface area contributed by atoms with Crippen LogP contribution in [0, 0.1) is 0 Å². The van der Waals surface area contributed by atoms with Gasteiger partial charge in [0.1, 0.15) is 31.4 Å². The van der Waals surface area contributed by atoms with Crippen molar-refractivity contribution in [2.24, 2.45) is 0 Å². The fraction of sp³-hybridized carbons (Fsp3) is 0.194. The van der Waals surface area contributed by atoms with Gasteiger partial charge in [-0.05, 0) is 53.6 Å². The second-order valence-electron chi connectivity index (χ2n) is 8.55. The van der Waals surface area contributed by atoms with Crippen molar-refractivity contribution < 1.29 is 28.3 Å². The van der Waals surface area contributed by atoms with Gasteiger partial charge in [-0.3, -0.25) is 0 Å². The highest BCUT2D eigenvalue weighted by Gasteiger charge is 2.22. The van der Waals surface area contributed by atoms with Crippen molar-refractivity contribution in [3.63, 3.8) is 0 Å². The molecule has 2 aromatic carbocycles. The van der Waals surface area contributed by atoms with Gasteiger partial charge in [0.15, 0.2) is 17.2 Å². The van der Waals surface area contributed by atoms with E-state index < -0.39 is 0 Å². The zero-order valence-electron chi connectivity index (χ0n) is 22.1. The monoisotopic (exact) mass is 498 g/mol. The first-order valence-corrected chi connectivity index (χ1v) is 11.8. The summed E-state index contributed by atoms with van der Waals surface area (Å²) >= 11 is 0. The third-order valence-corrected chi connectivity index (χ3v) is 6.04. The van der Waals surface area contributed by atoms with E-state index in [1.165, 1.54) is 5.71 Å². The van der Waals surface area contributed by atoms with Gasteiger partial charge in [-0.15, -0.1) is 0 Å². The highest BCUT2D eigenvalue weighted by molar-refractivity contribution is 6.02. The molecule has 37 heavy (non-hydrogen) atoms. The van der Waals surface area contributed by atoms with Crippen LogP contribution in [-0.2, 0) is 0 Å². The molecule has 6 nitrogen and oxygen atoms in total. The number of hydrogen-bond acceptors (Lipinski definition) is 5. The van der Waals surface area contributed by atoms with Gasteiger partial charge in [0.25, 0.3) is 0 Å².